The van der Waals surface area contributed by atoms with E-state index in [0.29, 0.717) is 0 Å². The van der Waals surface area contributed by atoms with E-state index < -0.39 is 0 Å². The number of furan rings is 1. The zero-order valence-electron chi connectivity index (χ0n) is 13.0. The van der Waals surface area contributed by atoms with Gasteiger partial charge in [-0.05, 0) is 56.0 Å². The molecule has 3 heterocycles. The van der Waals surface area contributed by atoms with Crippen LogP contribution in [0.25, 0.3) is 17.1 Å². The van der Waals surface area contributed by atoms with Crippen LogP contribution in [-0.4, -0.2) is 16.3 Å². The molecule has 2 aromatic heterocycles. The standard InChI is InChI=1S/C18H18ClN3O/c1-12-7-8-13(11-15(12)19)22-18-14(5-2-3-9-20-18)17(21-22)16-6-4-10-23-16/h4,6-8,10-11,20H,2-3,5,9H2,1H3. The van der Waals surface area contributed by atoms with E-state index in [1.54, 1.807) is 6.26 Å². The van der Waals surface area contributed by atoms with Crippen LogP contribution in [0, 0.1) is 6.92 Å². The number of anilines is 1. The van der Waals surface area contributed by atoms with Gasteiger partial charge in [-0.3, -0.25) is 0 Å². The van der Waals surface area contributed by atoms with Crippen LogP contribution in [0.3, 0.4) is 0 Å². The molecule has 5 heteroatoms. The summed E-state index contributed by atoms with van der Waals surface area (Å²) in [5.74, 6) is 1.86. The van der Waals surface area contributed by atoms with Gasteiger partial charge in [-0.25, -0.2) is 4.68 Å². The van der Waals surface area contributed by atoms with Gasteiger partial charge in [0, 0.05) is 17.1 Å². The van der Waals surface area contributed by atoms with Crippen molar-refractivity contribution < 1.29 is 4.42 Å². The van der Waals surface area contributed by atoms with Gasteiger partial charge in [-0.1, -0.05) is 17.7 Å². The van der Waals surface area contributed by atoms with Crippen molar-refractivity contribution in [1.82, 2.24) is 9.78 Å². The molecular weight excluding hydrogens is 310 g/mol. The lowest BCUT2D eigenvalue weighted by atomic mass is 10.1. The highest BCUT2D eigenvalue weighted by atomic mass is 35.5. The van der Waals surface area contributed by atoms with Crippen LogP contribution in [0.1, 0.15) is 24.0 Å². The molecule has 0 atom stereocenters. The van der Waals surface area contributed by atoms with Crippen molar-refractivity contribution in [2.24, 2.45) is 0 Å². The normalized spacial score (nSPS) is 14.2. The van der Waals surface area contributed by atoms with Crippen LogP contribution >= 0.6 is 11.6 Å². The minimum Gasteiger partial charge on any atom is -0.463 e. The fraction of sp³-hybridized carbons (Fsp3) is 0.278. The number of fused-ring (bicyclic) bond motifs is 1. The Labute approximate surface area is 140 Å². The van der Waals surface area contributed by atoms with Gasteiger partial charge >= 0.3 is 0 Å². The van der Waals surface area contributed by atoms with Gasteiger partial charge in [0.1, 0.15) is 11.5 Å². The van der Waals surface area contributed by atoms with E-state index in [-0.39, 0.29) is 0 Å². The summed E-state index contributed by atoms with van der Waals surface area (Å²) in [7, 11) is 0. The van der Waals surface area contributed by atoms with Crippen LogP contribution < -0.4 is 5.32 Å². The van der Waals surface area contributed by atoms with Crippen molar-refractivity contribution in [3.05, 3.63) is 52.7 Å². The number of nitrogens with zero attached hydrogens (tertiary/aromatic N) is 2. The molecule has 4 rings (SSSR count). The first-order chi connectivity index (χ1) is 11.2. The Balaban J connectivity index is 1.91. The average molecular weight is 328 g/mol. The number of hydrogen-bond acceptors (Lipinski definition) is 3. The Bertz CT molecular complexity index is 836. The molecule has 1 aromatic carbocycles. The zero-order valence-corrected chi connectivity index (χ0v) is 13.7. The lowest BCUT2D eigenvalue weighted by Gasteiger charge is -2.10. The highest BCUT2D eigenvalue weighted by molar-refractivity contribution is 6.31. The highest BCUT2D eigenvalue weighted by Gasteiger charge is 2.23. The Morgan fingerprint density at radius 1 is 1.26 bits per heavy atom. The Kier molecular flexibility index (Phi) is 3.62. The molecule has 0 aliphatic carbocycles. The topological polar surface area (TPSA) is 43.0 Å². The fourth-order valence-electron chi connectivity index (χ4n) is 3.01. The summed E-state index contributed by atoms with van der Waals surface area (Å²) in [6.45, 7) is 2.96. The first-order valence-electron chi connectivity index (χ1n) is 7.90. The summed E-state index contributed by atoms with van der Waals surface area (Å²) in [6, 6.07) is 9.89. The molecule has 3 aromatic rings. The van der Waals surface area contributed by atoms with E-state index >= 15 is 0 Å². The molecule has 4 nitrogen and oxygen atoms in total. The number of nitrogens with one attached hydrogen (secondary N) is 1. The Morgan fingerprint density at radius 2 is 2.17 bits per heavy atom. The molecular formula is C18H18ClN3O. The average Bonchev–Trinajstić information content (AvgIpc) is 3.12. The third-order valence-corrected chi connectivity index (χ3v) is 4.69. The van der Waals surface area contributed by atoms with Crippen molar-refractivity contribution in [3.63, 3.8) is 0 Å². The van der Waals surface area contributed by atoms with Crippen molar-refractivity contribution in [1.29, 1.82) is 0 Å². The highest BCUT2D eigenvalue weighted by Crippen LogP contribution is 2.34. The number of benzene rings is 1. The van der Waals surface area contributed by atoms with E-state index in [4.69, 9.17) is 21.1 Å². The second-order valence-corrected chi connectivity index (χ2v) is 6.29. The molecule has 0 radical (unpaired) electrons. The number of rotatable bonds is 2. The van der Waals surface area contributed by atoms with Crippen LogP contribution in [0.4, 0.5) is 5.82 Å². The molecule has 0 saturated carbocycles. The quantitative estimate of drug-likeness (QED) is 0.732. The van der Waals surface area contributed by atoms with Crippen molar-refractivity contribution in [2.45, 2.75) is 26.2 Å². The molecule has 0 fully saturated rings. The maximum atomic E-state index is 6.31. The van der Waals surface area contributed by atoms with Gasteiger partial charge < -0.3 is 9.73 Å². The zero-order chi connectivity index (χ0) is 15.8. The summed E-state index contributed by atoms with van der Waals surface area (Å²) >= 11 is 6.31. The summed E-state index contributed by atoms with van der Waals surface area (Å²) in [4.78, 5) is 0. The van der Waals surface area contributed by atoms with Crippen LogP contribution in [0.2, 0.25) is 5.02 Å². The molecule has 0 amide bonds. The predicted octanol–water partition coefficient (Wildman–Crippen LogP) is 4.84. The number of halogens is 1. The predicted molar refractivity (Wildman–Crippen MR) is 92.4 cm³/mol. The number of aryl methyl sites for hydroxylation is 1. The third kappa shape index (κ3) is 2.53. The van der Waals surface area contributed by atoms with Crippen molar-refractivity contribution in [3.8, 4) is 17.1 Å². The first kappa shape index (κ1) is 14.4. The van der Waals surface area contributed by atoms with E-state index in [9.17, 15) is 0 Å². The van der Waals surface area contributed by atoms with Gasteiger partial charge in [0.2, 0.25) is 0 Å². The van der Waals surface area contributed by atoms with Crippen molar-refractivity contribution >= 4 is 17.4 Å². The van der Waals surface area contributed by atoms with Gasteiger partial charge in [-0.15, -0.1) is 0 Å². The summed E-state index contributed by atoms with van der Waals surface area (Å²) in [5, 5.41) is 9.09. The van der Waals surface area contributed by atoms with Crippen LogP contribution in [0.15, 0.2) is 41.0 Å². The molecule has 1 N–H and O–H groups in total. The van der Waals surface area contributed by atoms with E-state index in [1.807, 2.05) is 41.9 Å². The van der Waals surface area contributed by atoms with Gasteiger partial charge in [-0.2, -0.15) is 5.10 Å². The summed E-state index contributed by atoms with van der Waals surface area (Å²) in [6.07, 6.45) is 4.99. The molecule has 0 unspecified atom stereocenters. The summed E-state index contributed by atoms with van der Waals surface area (Å²) < 4.78 is 7.54. The molecule has 118 valence electrons. The van der Waals surface area contributed by atoms with Gasteiger partial charge in [0.15, 0.2) is 5.76 Å². The van der Waals surface area contributed by atoms with Crippen LogP contribution in [-0.2, 0) is 6.42 Å². The molecule has 1 aliphatic rings. The second kappa shape index (κ2) is 5.78. The largest absolute Gasteiger partial charge is 0.463 e. The fourth-order valence-corrected chi connectivity index (χ4v) is 3.19. The maximum absolute atomic E-state index is 6.31. The minimum absolute atomic E-state index is 0.750. The monoisotopic (exact) mass is 327 g/mol. The number of aromatic nitrogens is 2. The van der Waals surface area contributed by atoms with E-state index in [2.05, 4.69) is 5.32 Å². The maximum Gasteiger partial charge on any atom is 0.154 e. The van der Waals surface area contributed by atoms with Gasteiger partial charge in [0.05, 0.1) is 12.0 Å². The van der Waals surface area contributed by atoms with E-state index in [0.717, 1.165) is 59.4 Å². The van der Waals surface area contributed by atoms with E-state index in [1.165, 1.54) is 5.56 Å². The Hall–Kier alpha value is -2.20. The smallest absolute Gasteiger partial charge is 0.154 e. The molecule has 0 spiro atoms. The molecule has 0 saturated heterocycles. The van der Waals surface area contributed by atoms with Gasteiger partial charge in [0.25, 0.3) is 0 Å². The molecule has 0 bridgehead atoms. The SMILES string of the molecule is Cc1ccc(-n2nc(-c3ccco3)c3c2NCCCC3)cc1Cl. The lowest BCUT2D eigenvalue weighted by molar-refractivity contribution is 0.578. The van der Waals surface area contributed by atoms with Crippen molar-refractivity contribution in [2.75, 3.05) is 11.9 Å². The minimum atomic E-state index is 0.750. The first-order valence-corrected chi connectivity index (χ1v) is 8.28. The second-order valence-electron chi connectivity index (χ2n) is 5.88. The van der Waals surface area contributed by atoms with Crippen LogP contribution in [0.5, 0.6) is 0 Å². The summed E-state index contributed by atoms with van der Waals surface area (Å²) in [5.41, 5.74) is 4.15. The Morgan fingerprint density at radius 3 is 2.96 bits per heavy atom. The molecule has 23 heavy (non-hydrogen) atoms. The lowest BCUT2D eigenvalue weighted by Crippen LogP contribution is -2.07. The number of hydrogen-bond donors (Lipinski definition) is 1. The third-order valence-electron chi connectivity index (χ3n) is 4.28. The molecule has 1 aliphatic heterocycles.